The molecule has 6 heteroatoms. The van der Waals surface area contributed by atoms with E-state index in [-0.39, 0.29) is 5.02 Å². The summed E-state index contributed by atoms with van der Waals surface area (Å²) < 4.78 is 17.1. The van der Waals surface area contributed by atoms with Gasteiger partial charge in [0.25, 0.3) is 0 Å². The molecule has 0 aliphatic carbocycles. The summed E-state index contributed by atoms with van der Waals surface area (Å²) in [6, 6.07) is 4.97. The van der Waals surface area contributed by atoms with Crippen LogP contribution in [0.2, 0.25) is 5.02 Å². The molecule has 1 aromatic heterocycles. The largest absolute Gasteiger partial charge is 0.310 e. The van der Waals surface area contributed by atoms with Gasteiger partial charge in [0.05, 0.1) is 9.90 Å². The number of halogens is 2. The summed E-state index contributed by atoms with van der Waals surface area (Å²) in [6.45, 7) is 4.84. The highest BCUT2D eigenvalue weighted by molar-refractivity contribution is 7.05. The molecule has 0 aliphatic rings. The lowest BCUT2D eigenvalue weighted by Gasteiger charge is -2.07. The zero-order valence-corrected chi connectivity index (χ0v) is 11.6. The van der Waals surface area contributed by atoms with Crippen molar-refractivity contribution in [2.24, 2.45) is 0 Å². The Morgan fingerprint density at radius 2 is 2.22 bits per heavy atom. The van der Waals surface area contributed by atoms with Gasteiger partial charge in [-0.1, -0.05) is 29.9 Å². The van der Waals surface area contributed by atoms with Gasteiger partial charge in [-0.25, -0.2) is 4.39 Å². The van der Waals surface area contributed by atoms with Crippen LogP contribution in [-0.2, 0) is 6.54 Å². The van der Waals surface area contributed by atoms with Crippen LogP contribution in [0.25, 0.3) is 11.3 Å². The summed E-state index contributed by atoms with van der Waals surface area (Å²) in [6.07, 6.45) is 0. The first-order chi connectivity index (χ1) is 8.58. The number of benzene rings is 1. The second-order valence-corrected chi connectivity index (χ2v) is 5.46. The summed E-state index contributed by atoms with van der Waals surface area (Å²) in [5.74, 6) is -0.425. The van der Waals surface area contributed by atoms with Crippen LogP contribution in [0.15, 0.2) is 18.2 Å². The van der Waals surface area contributed by atoms with E-state index in [1.54, 1.807) is 12.1 Å². The minimum Gasteiger partial charge on any atom is -0.310 e. The van der Waals surface area contributed by atoms with Crippen molar-refractivity contribution in [1.29, 1.82) is 0 Å². The second kappa shape index (κ2) is 5.73. The van der Waals surface area contributed by atoms with E-state index < -0.39 is 5.82 Å². The second-order valence-electron chi connectivity index (χ2n) is 4.21. The Labute approximate surface area is 114 Å². The van der Waals surface area contributed by atoms with E-state index in [1.165, 1.54) is 17.6 Å². The van der Waals surface area contributed by atoms with Crippen LogP contribution >= 0.6 is 23.1 Å². The first-order valence-corrected chi connectivity index (χ1v) is 6.73. The summed E-state index contributed by atoms with van der Waals surface area (Å²) in [5.41, 5.74) is 1.55. The molecule has 1 heterocycles. The molecule has 0 aliphatic heterocycles. The Kier molecular flexibility index (Phi) is 4.27. The van der Waals surface area contributed by atoms with Crippen molar-refractivity contribution in [2.45, 2.75) is 26.4 Å². The fraction of sp³-hybridized carbons (Fsp3) is 0.333. The van der Waals surface area contributed by atoms with E-state index in [4.69, 9.17) is 11.6 Å². The molecule has 0 unspecified atom stereocenters. The Hall–Kier alpha value is -1.04. The molecule has 2 rings (SSSR count). The maximum atomic E-state index is 13.1. The van der Waals surface area contributed by atoms with Crippen LogP contribution in [0, 0.1) is 5.82 Å². The summed E-state index contributed by atoms with van der Waals surface area (Å²) in [5, 5.41) is 7.49. The number of aromatic nitrogens is 2. The van der Waals surface area contributed by atoms with Crippen molar-refractivity contribution < 1.29 is 4.39 Å². The van der Waals surface area contributed by atoms with Crippen molar-refractivity contribution in [2.75, 3.05) is 0 Å². The zero-order chi connectivity index (χ0) is 13.1. The molecule has 0 amide bonds. The van der Waals surface area contributed by atoms with Gasteiger partial charge in [0.1, 0.15) is 11.5 Å². The SMILES string of the molecule is CC(C)NCc1snnc1-c1ccc(F)c(Cl)c1. The minimum atomic E-state index is -0.425. The summed E-state index contributed by atoms with van der Waals surface area (Å²) in [4.78, 5) is 1.02. The van der Waals surface area contributed by atoms with Crippen LogP contribution in [0.5, 0.6) is 0 Å². The van der Waals surface area contributed by atoms with Crippen molar-refractivity contribution in [3.63, 3.8) is 0 Å². The topological polar surface area (TPSA) is 37.8 Å². The van der Waals surface area contributed by atoms with E-state index in [2.05, 4.69) is 28.8 Å². The van der Waals surface area contributed by atoms with Crippen LogP contribution in [0.4, 0.5) is 4.39 Å². The minimum absolute atomic E-state index is 0.100. The lowest BCUT2D eigenvalue weighted by atomic mass is 10.1. The Balaban J connectivity index is 2.27. The molecule has 18 heavy (non-hydrogen) atoms. The van der Waals surface area contributed by atoms with Crippen molar-refractivity contribution in [3.8, 4) is 11.3 Å². The molecule has 0 radical (unpaired) electrons. The first kappa shape index (κ1) is 13.4. The highest BCUT2D eigenvalue weighted by atomic mass is 35.5. The molecule has 1 aromatic carbocycles. The highest BCUT2D eigenvalue weighted by Crippen LogP contribution is 2.27. The van der Waals surface area contributed by atoms with E-state index in [0.717, 1.165) is 16.1 Å². The number of rotatable bonds is 4. The molecule has 0 saturated carbocycles. The van der Waals surface area contributed by atoms with Gasteiger partial charge >= 0.3 is 0 Å². The third-order valence-electron chi connectivity index (χ3n) is 2.42. The predicted octanol–water partition coefficient (Wildman–Crippen LogP) is 3.50. The fourth-order valence-corrected chi connectivity index (χ4v) is 2.28. The monoisotopic (exact) mass is 285 g/mol. The maximum Gasteiger partial charge on any atom is 0.141 e. The number of hydrogen-bond acceptors (Lipinski definition) is 4. The van der Waals surface area contributed by atoms with E-state index >= 15 is 0 Å². The van der Waals surface area contributed by atoms with E-state index in [0.29, 0.717) is 12.6 Å². The van der Waals surface area contributed by atoms with Crippen LogP contribution in [-0.4, -0.2) is 15.6 Å². The van der Waals surface area contributed by atoms with Gasteiger partial charge in [-0.2, -0.15) is 0 Å². The van der Waals surface area contributed by atoms with Gasteiger partial charge in [-0.05, 0) is 29.7 Å². The molecule has 2 aromatic rings. The van der Waals surface area contributed by atoms with Gasteiger partial charge in [-0.15, -0.1) is 5.10 Å². The Morgan fingerprint density at radius 3 is 2.89 bits per heavy atom. The summed E-state index contributed by atoms with van der Waals surface area (Å²) >= 11 is 7.11. The van der Waals surface area contributed by atoms with Gasteiger partial charge < -0.3 is 5.32 Å². The highest BCUT2D eigenvalue weighted by Gasteiger charge is 2.12. The van der Waals surface area contributed by atoms with Crippen LogP contribution in [0.3, 0.4) is 0 Å². The quantitative estimate of drug-likeness (QED) is 0.934. The number of hydrogen-bond donors (Lipinski definition) is 1. The molecule has 0 fully saturated rings. The lowest BCUT2D eigenvalue weighted by molar-refractivity contribution is 0.593. The number of nitrogens with zero attached hydrogens (tertiary/aromatic N) is 2. The zero-order valence-electron chi connectivity index (χ0n) is 10.1. The van der Waals surface area contributed by atoms with Crippen LogP contribution in [0.1, 0.15) is 18.7 Å². The van der Waals surface area contributed by atoms with E-state index in [9.17, 15) is 4.39 Å². The first-order valence-electron chi connectivity index (χ1n) is 5.58. The third-order valence-corrected chi connectivity index (χ3v) is 3.43. The lowest BCUT2D eigenvalue weighted by Crippen LogP contribution is -2.21. The van der Waals surface area contributed by atoms with E-state index in [1.807, 2.05) is 0 Å². The van der Waals surface area contributed by atoms with Gasteiger partial charge in [-0.3, -0.25) is 0 Å². The van der Waals surface area contributed by atoms with Crippen molar-refractivity contribution >= 4 is 23.1 Å². The smallest absolute Gasteiger partial charge is 0.141 e. The van der Waals surface area contributed by atoms with Crippen molar-refractivity contribution in [3.05, 3.63) is 33.9 Å². The van der Waals surface area contributed by atoms with Crippen molar-refractivity contribution in [1.82, 2.24) is 14.9 Å². The summed E-state index contributed by atoms with van der Waals surface area (Å²) in [7, 11) is 0. The Bertz CT molecular complexity index is 542. The Morgan fingerprint density at radius 1 is 1.44 bits per heavy atom. The van der Waals surface area contributed by atoms with Gasteiger partial charge in [0, 0.05) is 18.2 Å². The van der Waals surface area contributed by atoms with Gasteiger partial charge in [0.15, 0.2) is 0 Å². The molecule has 0 spiro atoms. The predicted molar refractivity (Wildman–Crippen MR) is 72.3 cm³/mol. The molecular formula is C12H13ClFN3S. The molecular weight excluding hydrogens is 273 g/mol. The molecule has 0 bridgehead atoms. The standard InChI is InChI=1S/C12H13ClFN3S/c1-7(2)15-6-11-12(16-17-18-11)8-3-4-10(14)9(13)5-8/h3-5,7,15H,6H2,1-2H3. The average molecular weight is 286 g/mol. The molecule has 1 N–H and O–H groups in total. The molecule has 96 valence electrons. The fourth-order valence-electron chi connectivity index (χ4n) is 1.48. The molecule has 0 saturated heterocycles. The molecule has 0 atom stereocenters. The molecule has 3 nitrogen and oxygen atoms in total. The maximum absolute atomic E-state index is 13.1. The third kappa shape index (κ3) is 3.04. The van der Waals surface area contributed by atoms with Gasteiger partial charge in [0.2, 0.25) is 0 Å². The average Bonchev–Trinajstić information content (AvgIpc) is 2.78. The normalized spacial score (nSPS) is 11.2. The number of nitrogens with one attached hydrogen (secondary N) is 1. The van der Waals surface area contributed by atoms with Crippen LogP contribution < -0.4 is 5.32 Å².